The molecule has 4 heteroatoms. The second-order valence-corrected chi connectivity index (χ2v) is 5.11. The van der Waals surface area contributed by atoms with Gasteiger partial charge in [-0.25, -0.2) is 4.98 Å². The van der Waals surface area contributed by atoms with Crippen molar-refractivity contribution in [1.29, 1.82) is 0 Å². The predicted molar refractivity (Wildman–Crippen MR) is 56.5 cm³/mol. The van der Waals surface area contributed by atoms with Crippen molar-refractivity contribution in [2.45, 2.75) is 26.2 Å². The van der Waals surface area contributed by atoms with Crippen molar-refractivity contribution in [3.63, 3.8) is 0 Å². The summed E-state index contributed by atoms with van der Waals surface area (Å²) in [7, 11) is 0. The molecule has 1 aromatic heterocycles. The third-order valence-corrected chi connectivity index (χ3v) is 3.69. The number of halogens is 1. The summed E-state index contributed by atoms with van der Waals surface area (Å²) in [4.78, 5) is 4.41. The van der Waals surface area contributed by atoms with Gasteiger partial charge in [0.15, 0.2) is 0 Å². The minimum atomic E-state index is 0.783. The average Bonchev–Trinajstić information content (AvgIpc) is 2.32. The lowest BCUT2D eigenvalue weighted by Gasteiger charge is -1.93. The summed E-state index contributed by atoms with van der Waals surface area (Å²) in [6.45, 7) is 2.80. The molecule has 0 amide bonds. The van der Waals surface area contributed by atoms with Crippen LogP contribution in [0.4, 0.5) is 0 Å². The third-order valence-electron chi connectivity index (χ3n) is 1.63. The Morgan fingerprint density at radius 1 is 1.50 bits per heavy atom. The highest BCUT2D eigenvalue weighted by Gasteiger charge is 2.03. The Morgan fingerprint density at radius 3 is 2.75 bits per heavy atom. The van der Waals surface area contributed by atoms with Gasteiger partial charge in [0, 0.05) is 0 Å². The molecular formula is C8H13BrN2S. The van der Waals surface area contributed by atoms with Gasteiger partial charge in [-0.05, 0) is 48.7 Å². The van der Waals surface area contributed by atoms with E-state index in [1.165, 1.54) is 5.01 Å². The smallest absolute Gasteiger partial charge is 0.0940 e. The number of nitrogens with two attached hydrogens (primary N) is 1. The minimum absolute atomic E-state index is 0.783. The van der Waals surface area contributed by atoms with Gasteiger partial charge in [0.25, 0.3) is 0 Å². The molecule has 0 aliphatic carbocycles. The lowest BCUT2D eigenvalue weighted by molar-refractivity contribution is 0.740. The fourth-order valence-electron chi connectivity index (χ4n) is 0.959. The molecule has 0 spiro atoms. The van der Waals surface area contributed by atoms with Gasteiger partial charge < -0.3 is 5.73 Å². The van der Waals surface area contributed by atoms with Crippen LogP contribution in [0.15, 0.2) is 3.79 Å². The second-order valence-electron chi connectivity index (χ2n) is 2.71. The molecule has 0 saturated heterocycles. The molecule has 0 radical (unpaired) electrons. The highest BCUT2D eigenvalue weighted by molar-refractivity contribution is 9.11. The summed E-state index contributed by atoms with van der Waals surface area (Å²) >= 11 is 5.19. The molecular weight excluding hydrogens is 236 g/mol. The SMILES string of the molecule is Cc1nc(CCCCN)sc1Br. The van der Waals surface area contributed by atoms with Crippen LogP contribution in [0.25, 0.3) is 0 Å². The standard InChI is InChI=1S/C8H13BrN2S/c1-6-8(9)12-7(11-6)4-2-3-5-10/h2-5,10H2,1H3. The minimum Gasteiger partial charge on any atom is -0.330 e. The Morgan fingerprint density at radius 2 is 2.25 bits per heavy atom. The van der Waals surface area contributed by atoms with Gasteiger partial charge in [-0.15, -0.1) is 11.3 Å². The number of hydrogen-bond acceptors (Lipinski definition) is 3. The van der Waals surface area contributed by atoms with Crippen LogP contribution in [0.5, 0.6) is 0 Å². The molecule has 0 aliphatic heterocycles. The Hall–Kier alpha value is 0.0700. The van der Waals surface area contributed by atoms with Gasteiger partial charge in [0.2, 0.25) is 0 Å². The lowest BCUT2D eigenvalue weighted by Crippen LogP contribution is -1.98. The first-order chi connectivity index (χ1) is 5.74. The van der Waals surface area contributed by atoms with Crippen molar-refractivity contribution in [2.24, 2.45) is 5.73 Å². The molecule has 0 unspecified atom stereocenters. The zero-order valence-electron chi connectivity index (χ0n) is 7.14. The molecule has 0 atom stereocenters. The third kappa shape index (κ3) is 2.84. The molecule has 0 fully saturated rings. The van der Waals surface area contributed by atoms with E-state index in [2.05, 4.69) is 20.9 Å². The Kier molecular flexibility index (Phi) is 4.18. The summed E-state index contributed by atoms with van der Waals surface area (Å²) in [5, 5.41) is 1.22. The highest BCUT2D eigenvalue weighted by atomic mass is 79.9. The van der Waals surface area contributed by atoms with E-state index in [1.54, 1.807) is 11.3 Å². The van der Waals surface area contributed by atoms with Gasteiger partial charge in [-0.1, -0.05) is 0 Å². The van der Waals surface area contributed by atoms with Gasteiger partial charge in [0.1, 0.15) is 0 Å². The van der Waals surface area contributed by atoms with Crippen molar-refractivity contribution < 1.29 is 0 Å². The van der Waals surface area contributed by atoms with Crippen LogP contribution in [-0.2, 0) is 6.42 Å². The molecule has 0 saturated carbocycles. The predicted octanol–water partition coefficient (Wildman–Crippen LogP) is 2.50. The van der Waals surface area contributed by atoms with Gasteiger partial charge in [0.05, 0.1) is 14.5 Å². The highest BCUT2D eigenvalue weighted by Crippen LogP contribution is 2.24. The summed E-state index contributed by atoms with van der Waals surface area (Å²) in [5.74, 6) is 0. The molecule has 12 heavy (non-hydrogen) atoms. The molecule has 0 bridgehead atoms. The zero-order valence-corrected chi connectivity index (χ0v) is 9.54. The van der Waals surface area contributed by atoms with Crippen molar-refractivity contribution in [2.75, 3.05) is 6.54 Å². The number of hydrogen-bond donors (Lipinski definition) is 1. The summed E-state index contributed by atoms with van der Waals surface area (Å²) in [6, 6.07) is 0. The number of rotatable bonds is 4. The van der Waals surface area contributed by atoms with Crippen LogP contribution in [-0.4, -0.2) is 11.5 Å². The van der Waals surface area contributed by atoms with Crippen LogP contribution in [0.3, 0.4) is 0 Å². The van der Waals surface area contributed by atoms with E-state index in [9.17, 15) is 0 Å². The fraction of sp³-hybridized carbons (Fsp3) is 0.625. The van der Waals surface area contributed by atoms with E-state index in [1.807, 2.05) is 6.92 Å². The largest absolute Gasteiger partial charge is 0.330 e. The van der Waals surface area contributed by atoms with Crippen LogP contribution >= 0.6 is 27.3 Å². The van der Waals surface area contributed by atoms with Crippen molar-refractivity contribution in [3.05, 3.63) is 14.5 Å². The number of unbranched alkanes of at least 4 members (excludes halogenated alkanes) is 1. The molecule has 1 rings (SSSR count). The molecule has 0 aromatic carbocycles. The summed E-state index contributed by atoms with van der Waals surface area (Å²) in [6.07, 6.45) is 3.31. The van der Waals surface area contributed by atoms with Crippen molar-refractivity contribution in [1.82, 2.24) is 4.98 Å². The molecule has 1 aromatic rings. The Labute approximate surface area is 85.3 Å². The molecule has 2 N–H and O–H groups in total. The lowest BCUT2D eigenvalue weighted by atomic mass is 10.2. The van der Waals surface area contributed by atoms with Gasteiger partial charge in [-0.3, -0.25) is 0 Å². The Bertz CT molecular complexity index is 228. The number of aryl methyl sites for hydroxylation is 2. The van der Waals surface area contributed by atoms with Crippen LogP contribution in [0.1, 0.15) is 23.5 Å². The van der Waals surface area contributed by atoms with E-state index in [0.717, 1.165) is 35.3 Å². The summed E-state index contributed by atoms with van der Waals surface area (Å²) < 4.78 is 1.16. The molecule has 1 heterocycles. The number of aromatic nitrogens is 1. The quantitative estimate of drug-likeness (QED) is 0.832. The van der Waals surface area contributed by atoms with Gasteiger partial charge in [-0.2, -0.15) is 0 Å². The first-order valence-corrected chi connectivity index (χ1v) is 5.67. The van der Waals surface area contributed by atoms with E-state index in [4.69, 9.17) is 5.73 Å². The van der Waals surface area contributed by atoms with E-state index in [0.29, 0.717) is 0 Å². The first kappa shape index (κ1) is 10.2. The number of thiazole rings is 1. The fourth-order valence-corrected chi connectivity index (χ4v) is 2.44. The van der Waals surface area contributed by atoms with Crippen LogP contribution in [0.2, 0.25) is 0 Å². The number of nitrogens with zero attached hydrogens (tertiary/aromatic N) is 1. The van der Waals surface area contributed by atoms with Crippen molar-refractivity contribution >= 4 is 27.3 Å². The summed E-state index contributed by atoms with van der Waals surface area (Å²) in [5.41, 5.74) is 6.50. The Balaban J connectivity index is 2.42. The molecule has 68 valence electrons. The topological polar surface area (TPSA) is 38.9 Å². The van der Waals surface area contributed by atoms with E-state index >= 15 is 0 Å². The maximum Gasteiger partial charge on any atom is 0.0940 e. The maximum atomic E-state index is 5.40. The van der Waals surface area contributed by atoms with Crippen molar-refractivity contribution in [3.8, 4) is 0 Å². The average molecular weight is 249 g/mol. The second kappa shape index (κ2) is 4.94. The van der Waals surface area contributed by atoms with E-state index in [-0.39, 0.29) is 0 Å². The first-order valence-electron chi connectivity index (χ1n) is 4.06. The molecule has 2 nitrogen and oxygen atoms in total. The monoisotopic (exact) mass is 248 g/mol. The van der Waals surface area contributed by atoms with Gasteiger partial charge >= 0.3 is 0 Å². The maximum absolute atomic E-state index is 5.40. The van der Waals surface area contributed by atoms with Crippen LogP contribution < -0.4 is 5.73 Å². The molecule has 0 aliphatic rings. The zero-order chi connectivity index (χ0) is 8.97. The van der Waals surface area contributed by atoms with E-state index < -0.39 is 0 Å². The van der Waals surface area contributed by atoms with Crippen LogP contribution in [0, 0.1) is 6.92 Å². The normalized spacial score (nSPS) is 10.6.